The lowest BCUT2D eigenvalue weighted by Gasteiger charge is -2.07. The van der Waals surface area contributed by atoms with Crippen LogP contribution in [-0.4, -0.2) is 10.9 Å². The predicted molar refractivity (Wildman–Crippen MR) is 70.7 cm³/mol. The Morgan fingerprint density at radius 2 is 2.06 bits per heavy atom. The molecule has 88 valence electrons. The normalized spacial score (nSPS) is 10.3. The SMILES string of the molecule is Cc1ccc(C)c(NC(=O)c2csc(C)n2)c1. The van der Waals surface area contributed by atoms with Crippen molar-refractivity contribution >= 4 is 22.9 Å². The predicted octanol–water partition coefficient (Wildman–Crippen LogP) is 3.32. The quantitative estimate of drug-likeness (QED) is 0.883. The second kappa shape index (κ2) is 4.67. The van der Waals surface area contributed by atoms with Gasteiger partial charge in [-0.15, -0.1) is 11.3 Å². The van der Waals surface area contributed by atoms with Crippen molar-refractivity contribution in [1.82, 2.24) is 4.98 Å². The van der Waals surface area contributed by atoms with E-state index < -0.39 is 0 Å². The molecule has 2 rings (SSSR count). The molecule has 4 heteroatoms. The molecule has 0 saturated heterocycles. The second-order valence-corrected chi connectivity index (χ2v) is 5.09. The molecule has 0 aliphatic rings. The van der Waals surface area contributed by atoms with E-state index in [2.05, 4.69) is 10.3 Å². The van der Waals surface area contributed by atoms with Crippen LogP contribution in [0.4, 0.5) is 5.69 Å². The van der Waals surface area contributed by atoms with Crippen molar-refractivity contribution in [1.29, 1.82) is 0 Å². The van der Waals surface area contributed by atoms with Gasteiger partial charge in [-0.3, -0.25) is 4.79 Å². The zero-order valence-electron chi connectivity index (χ0n) is 10.1. The van der Waals surface area contributed by atoms with Crippen molar-refractivity contribution in [2.75, 3.05) is 5.32 Å². The first-order chi connectivity index (χ1) is 8.06. The van der Waals surface area contributed by atoms with Crippen LogP contribution in [0.2, 0.25) is 0 Å². The fraction of sp³-hybridized carbons (Fsp3) is 0.231. The van der Waals surface area contributed by atoms with E-state index in [1.807, 2.05) is 39.0 Å². The van der Waals surface area contributed by atoms with E-state index in [0.717, 1.165) is 21.8 Å². The van der Waals surface area contributed by atoms with Gasteiger partial charge in [0, 0.05) is 11.1 Å². The van der Waals surface area contributed by atoms with Crippen LogP contribution < -0.4 is 5.32 Å². The molecule has 17 heavy (non-hydrogen) atoms. The largest absolute Gasteiger partial charge is 0.320 e. The van der Waals surface area contributed by atoms with Crippen LogP contribution in [0.5, 0.6) is 0 Å². The summed E-state index contributed by atoms with van der Waals surface area (Å²) in [5, 5.41) is 5.56. The first kappa shape index (κ1) is 11.8. The number of rotatable bonds is 2. The molecule has 0 aliphatic heterocycles. The fourth-order valence-electron chi connectivity index (χ4n) is 1.52. The van der Waals surface area contributed by atoms with Gasteiger partial charge in [0.2, 0.25) is 0 Å². The summed E-state index contributed by atoms with van der Waals surface area (Å²) in [6, 6.07) is 5.99. The molecular weight excluding hydrogens is 232 g/mol. The van der Waals surface area contributed by atoms with E-state index in [4.69, 9.17) is 0 Å². The van der Waals surface area contributed by atoms with Crippen LogP contribution in [-0.2, 0) is 0 Å². The summed E-state index contributed by atoms with van der Waals surface area (Å²) in [5.74, 6) is -0.150. The zero-order chi connectivity index (χ0) is 12.4. The number of amides is 1. The number of nitrogens with zero attached hydrogens (tertiary/aromatic N) is 1. The van der Waals surface area contributed by atoms with Gasteiger partial charge in [-0.1, -0.05) is 12.1 Å². The van der Waals surface area contributed by atoms with Gasteiger partial charge in [0.05, 0.1) is 5.01 Å². The standard InChI is InChI=1S/C13H14N2OS/c1-8-4-5-9(2)11(6-8)15-13(16)12-7-17-10(3)14-12/h4-7H,1-3H3,(H,15,16). The molecule has 1 N–H and O–H groups in total. The number of thiazole rings is 1. The van der Waals surface area contributed by atoms with E-state index in [1.54, 1.807) is 5.38 Å². The number of carbonyl (C=O) groups is 1. The van der Waals surface area contributed by atoms with Gasteiger partial charge < -0.3 is 5.32 Å². The highest BCUT2D eigenvalue weighted by Gasteiger charge is 2.10. The average molecular weight is 246 g/mol. The summed E-state index contributed by atoms with van der Waals surface area (Å²) < 4.78 is 0. The Bertz CT molecular complexity index is 560. The van der Waals surface area contributed by atoms with Crippen molar-refractivity contribution in [3.63, 3.8) is 0 Å². The monoisotopic (exact) mass is 246 g/mol. The van der Waals surface area contributed by atoms with Crippen LogP contribution in [0.15, 0.2) is 23.6 Å². The van der Waals surface area contributed by atoms with Gasteiger partial charge in [-0.2, -0.15) is 0 Å². The summed E-state index contributed by atoms with van der Waals surface area (Å²) in [6.07, 6.45) is 0. The molecule has 1 aromatic heterocycles. The highest BCUT2D eigenvalue weighted by molar-refractivity contribution is 7.09. The summed E-state index contributed by atoms with van der Waals surface area (Å²) >= 11 is 1.48. The lowest BCUT2D eigenvalue weighted by atomic mass is 10.1. The highest BCUT2D eigenvalue weighted by atomic mass is 32.1. The Morgan fingerprint density at radius 3 is 2.71 bits per heavy atom. The Balaban J connectivity index is 2.21. The maximum absolute atomic E-state index is 11.9. The number of carbonyl (C=O) groups excluding carboxylic acids is 1. The number of benzene rings is 1. The molecule has 0 atom stereocenters. The van der Waals surface area contributed by atoms with E-state index >= 15 is 0 Å². The average Bonchev–Trinajstić information content (AvgIpc) is 2.70. The number of aromatic nitrogens is 1. The summed E-state index contributed by atoms with van der Waals surface area (Å²) in [7, 11) is 0. The second-order valence-electron chi connectivity index (χ2n) is 4.02. The molecule has 0 unspecified atom stereocenters. The summed E-state index contributed by atoms with van der Waals surface area (Å²) in [4.78, 5) is 16.1. The van der Waals surface area contributed by atoms with E-state index in [9.17, 15) is 4.79 Å². The molecule has 0 saturated carbocycles. The number of aryl methyl sites for hydroxylation is 3. The van der Waals surface area contributed by atoms with E-state index in [-0.39, 0.29) is 5.91 Å². The molecule has 1 amide bonds. The molecule has 1 aromatic carbocycles. The molecule has 1 heterocycles. The van der Waals surface area contributed by atoms with E-state index in [0.29, 0.717) is 5.69 Å². The van der Waals surface area contributed by atoms with Crippen LogP contribution >= 0.6 is 11.3 Å². The summed E-state index contributed by atoms with van der Waals surface area (Å²) in [5.41, 5.74) is 3.50. The van der Waals surface area contributed by atoms with Gasteiger partial charge >= 0.3 is 0 Å². The first-order valence-electron chi connectivity index (χ1n) is 5.37. The molecular formula is C13H14N2OS. The Labute approximate surface area is 105 Å². The van der Waals surface area contributed by atoms with Crippen molar-refractivity contribution in [3.8, 4) is 0 Å². The van der Waals surface area contributed by atoms with Crippen LogP contribution in [0, 0.1) is 20.8 Å². The third-order valence-corrected chi connectivity index (χ3v) is 3.27. The van der Waals surface area contributed by atoms with Gasteiger partial charge in [-0.25, -0.2) is 4.98 Å². The van der Waals surface area contributed by atoms with Crippen molar-refractivity contribution < 1.29 is 4.79 Å². The number of hydrogen-bond donors (Lipinski definition) is 1. The van der Waals surface area contributed by atoms with Gasteiger partial charge in [0.15, 0.2) is 0 Å². The number of nitrogens with one attached hydrogen (secondary N) is 1. The van der Waals surface area contributed by atoms with Gasteiger partial charge in [0.25, 0.3) is 5.91 Å². The van der Waals surface area contributed by atoms with Crippen LogP contribution in [0.3, 0.4) is 0 Å². The minimum Gasteiger partial charge on any atom is -0.320 e. The maximum atomic E-state index is 11.9. The third kappa shape index (κ3) is 2.71. The molecule has 0 spiro atoms. The van der Waals surface area contributed by atoms with Crippen LogP contribution in [0.1, 0.15) is 26.6 Å². The highest BCUT2D eigenvalue weighted by Crippen LogP contribution is 2.18. The van der Waals surface area contributed by atoms with E-state index in [1.165, 1.54) is 11.3 Å². The smallest absolute Gasteiger partial charge is 0.275 e. The van der Waals surface area contributed by atoms with Crippen molar-refractivity contribution in [3.05, 3.63) is 45.4 Å². The maximum Gasteiger partial charge on any atom is 0.275 e. The van der Waals surface area contributed by atoms with Crippen molar-refractivity contribution in [2.24, 2.45) is 0 Å². The fourth-order valence-corrected chi connectivity index (χ4v) is 2.12. The molecule has 0 radical (unpaired) electrons. The molecule has 0 bridgehead atoms. The minimum atomic E-state index is -0.150. The third-order valence-electron chi connectivity index (χ3n) is 2.49. The lowest BCUT2D eigenvalue weighted by Crippen LogP contribution is -2.13. The van der Waals surface area contributed by atoms with Crippen LogP contribution in [0.25, 0.3) is 0 Å². The molecule has 0 fully saturated rings. The lowest BCUT2D eigenvalue weighted by molar-refractivity contribution is 0.102. The summed E-state index contributed by atoms with van der Waals surface area (Å²) in [6.45, 7) is 5.86. The zero-order valence-corrected chi connectivity index (χ0v) is 10.9. The van der Waals surface area contributed by atoms with Gasteiger partial charge in [0.1, 0.15) is 5.69 Å². The van der Waals surface area contributed by atoms with Gasteiger partial charge in [-0.05, 0) is 38.0 Å². The Kier molecular flexibility index (Phi) is 3.24. The molecule has 2 aromatic rings. The molecule has 3 nitrogen and oxygen atoms in total. The molecule has 0 aliphatic carbocycles. The van der Waals surface area contributed by atoms with Crippen molar-refractivity contribution in [2.45, 2.75) is 20.8 Å². The number of hydrogen-bond acceptors (Lipinski definition) is 3. The first-order valence-corrected chi connectivity index (χ1v) is 6.25. The Morgan fingerprint density at radius 1 is 1.29 bits per heavy atom. The minimum absolute atomic E-state index is 0.150. The Hall–Kier alpha value is -1.68. The number of anilines is 1. The topological polar surface area (TPSA) is 42.0 Å².